The van der Waals surface area contributed by atoms with Crippen LogP contribution in [0.5, 0.6) is 0 Å². The van der Waals surface area contributed by atoms with E-state index in [1.807, 2.05) is 0 Å². The number of benzene rings is 1. The predicted octanol–water partition coefficient (Wildman–Crippen LogP) is 2.10. The summed E-state index contributed by atoms with van der Waals surface area (Å²) in [5.74, 6) is 0. The third kappa shape index (κ3) is 1.18. The number of nitrogens with two attached hydrogens (primary N) is 1. The average Bonchev–Trinajstić information content (AvgIpc) is 2.95. The molecule has 6 rings (SSSR count). The van der Waals surface area contributed by atoms with Crippen molar-refractivity contribution in [2.24, 2.45) is 5.73 Å². The first-order chi connectivity index (χ1) is 9.69. The van der Waals surface area contributed by atoms with Crippen molar-refractivity contribution in [2.45, 2.75) is 17.6 Å². The van der Waals surface area contributed by atoms with Gasteiger partial charge in [-0.15, -0.1) is 0 Å². The molecule has 0 fully saturated rings. The van der Waals surface area contributed by atoms with Gasteiger partial charge in [0.2, 0.25) is 0 Å². The molecule has 3 heteroatoms. The van der Waals surface area contributed by atoms with Crippen LogP contribution >= 0.6 is 0 Å². The zero-order valence-electron chi connectivity index (χ0n) is 11.1. The van der Waals surface area contributed by atoms with E-state index in [1.165, 1.54) is 28.0 Å². The van der Waals surface area contributed by atoms with Gasteiger partial charge in [0.1, 0.15) is 5.60 Å². The number of anilines is 1. The quantitative estimate of drug-likeness (QED) is 0.705. The predicted molar refractivity (Wildman–Crippen MR) is 80.4 cm³/mol. The van der Waals surface area contributed by atoms with E-state index >= 15 is 0 Å². The Hall–Kier alpha value is -1.84. The van der Waals surface area contributed by atoms with E-state index in [9.17, 15) is 0 Å². The molecule has 1 aromatic rings. The van der Waals surface area contributed by atoms with Crippen LogP contribution in [0.15, 0.2) is 36.4 Å². The molecule has 1 spiro atoms. The van der Waals surface area contributed by atoms with Gasteiger partial charge in [-0.2, -0.15) is 0 Å². The number of fused-ring (bicyclic) bond motifs is 4. The Morgan fingerprint density at radius 1 is 1.20 bits per heavy atom. The summed E-state index contributed by atoms with van der Waals surface area (Å²) in [6.45, 7) is 1.58. The Morgan fingerprint density at radius 2 is 2.15 bits per heavy atom. The number of hydrogen-bond acceptors (Lipinski definition) is 3. The highest BCUT2D eigenvalue weighted by Crippen LogP contribution is 2.49. The van der Waals surface area contributed by atoms with Gasteiger partial charge >= 0.3 is 0 Å². The van der Waals surface area contributed by atoms with Crippen molar-refractivity contribution in [1.29, 1.82) is 0 Å². The molecule has 3 heterocycles. The lowest BCUT2D eigenvalue weighted by molar-refractivity contribution is 0.0309. The van der Waals surface area contributed by atoms with E-state index in [-0.39, 0.29) is 0 Å². The first kappa shape index (κ1) is 10.9. The monoisotopic (exact) mass is 264 g/mol. The highest BCUT2D eigenvalue weighted by atomic mass is 16.5. The van der Waals surface area contributed by atoms with Crippen LogP contribution in [0.25, 0.3) is 11.6 Å². The van der Waals surface area contributed by atoms with Gasteiger partial charge in [0.05, 0.1) is 12.1 Å². The van der Waals surface area contributed by atoms with Gasteiger partial charge in [0.25, 0.3) is 0 Å². The maximum Gasteiger partial charge on any atom is 0.130 e. The second kappa shape index (κ2) is 3.25. The van der Waals surface area contributed by atoms with E-state index in [0.29, 0.717) is 6.61 Å². The van der Waals surface area contributed by atoms with Gasteiger partial charge in [-0.25, -0.2) is 0 Å². The molecule has 0 amide bonds. The number of hydrogen-bond donors (Lipinski definition) is 2. The van der Waals surface area contributed by atoms with Crippen molar-refractivity contribution >= 4 is 17.3 Å². The lowest BCUT2D eigenvalue weighted by atomic mass is 9.71. The third-order valence-corrected chi connectivity index (χ3v) is 4.85. The van der Waals surface area contributed by atoms with Crippen molar-refractivity contribution in [1.82, 2.24) is 0 Å². The number of rotatable bonds is 0. The summed E-state index contributed by atoms with van der Waals surface area (Å²) in [5.41, 5.74) is 11.9. The van der Waals surface area contributed by atoms with Gasteiger partial charge in [-0.3, -0.25) is 0 Å². The van der Waals surface area contributed by atoms with Crippen LogP contribution in [-0.4, -0.2) is 24.3 Å². The van der Waals surface area contributed by atoms with Crippen LogP contribution in [0.2, 0.25) is 0 Å². The molecular weight excluding hydrogens is 248 g/mol. The Labute approximate surface area is 117 Å². The third-order valence-electron chi connectivity index (χ3n) is 4.85. The average molecular weight is 264 g/mol. The van der Waals surface area contributed by atoms with E-state index in [0.717, 1.165) is 13.0 Å². The van der Waals surface area contributed by atoms with Crippen molar-refractivity contribution in [3.8, 4) is 0 Å². The molecule has 1 aromatic carbocycles. The lowest BCUT2D eigenvalue weighted by Gasteiger charge is -2.46. The van der Waals surface area contributed by atoms with E-state index in [2.05, 4.69) is 47.8 Å². The van der Waals surface area contributed by atoms with Crippen LogP contribution in [-0.2, 0) is 11.2 Å². The van der Waals surface area contributed by atoms with Crippen molar-refractivity contribution in [3.63, 3.8) is 0 Å². The molecule has 100 valence electrons. The molecule has 2 atom stereocenters. The fraction of sp³-hybridized carbons (Fsp3) is 0.294. The molecule has 2 bridgehead atoms. The van der Waals surface area contributed by atoms with E-state index < -0.39 is 11.1 Å². The molecule has 3 aliphatic heterocycles. The summed E-state index contributed by atoms with van der Waals surface area (Å²) in [5, 5.41) is 3.51. The van der Waals surface area contributed by atoms with Crippen LogP contribution in [0, 0.1) is 0 Å². The second-order valence-corrected chi connectivity index (χ2v) is 6.16. The van der Waals surface area contributed by atoms with Crippen LogP contribution < -0.4 is 11.1 Å². The Kier molecular flexibility index (Phi) is 1.77. The number of nitrogens with one attached hydrogen (secondary N) is 1. The standard InChI is InChI=1S/C17H16N2O/c18-16-6-7-17(20-10-16)5-3-13-12(14(17)9-16)2-1-11-4-8-19-15(11)13/h1-3,5-7,9,19H,4,8,10,18H2. The first-order valence-electron chi connectivity index (χ1n) is 7.15. The van der Waals surface area contributed by atoms with Crippen LogP contribution in [0.4, 0.5) is 5.69 Å². The maximum atomic E-state index is 6.34. The van der Waals surface area contributed by atoms with Gasteiger partial charge in [0, 0.05) is 17.8 Å². The van der Waals surface area contributed by atoms with Crippen LogP contribution in [0.3, 0.4) is 0 Å². The minimum atomic E-state index is -0.452. The molecule has 2 unspecified atom stereocenters. The van der Waals surface area contributed by atoms with Gasteiger partial charge in [-0.05, 0) is 35.3 Å². The summed E-state index contributed by atoms with van der Waals surface area (Å²) in [6.07, 6.45) is 11.8. The molecule has 2 aliphatic carbocycles. The lowest BCUT2D eigenvalue weighted by Crippen LogP contribution is -2.54. The van der Waals surface area contributed by atoms with Crippen LogP contribution in [0.1, 0.15) is 16.7 Å². The maximum absolute atomic E-state index is 6.34. The summed E-state index contributed by atoms with van der Waals surface area (Å²) in [4.78, 5) is 0. The Balaban J connectivity index is 1.80. The summed E-state index contributed by atoms with van der Waals surface area (Å²) < 4.78 is 6.06. The molecule has 20 heavy (non-hydrogen) atoms. The van der Waals surface area contributed by atoms with Crippen molar-refractivity contribution in [2.75, 3.05) is 18.5 Å². The van der Waals surface area contributed by atoms with E-state index in [1.54, 1.807) is 0 Å². The topological polar surface area (TPSA) is 47.3 Å². The molecule has 0 saturated carbocycles. The summed E-state index contributed by atoms with van der Waals surface area (Å²) in [6, 6.07) is 4.45. The minimum Gasteiger partial charge on any atom is -0.384 e. The Bertz CT molecular complexity index is 731. The Morgan fingerprint density at radius 3 is 3.00 bits per heavy atom. The molecule has 0 aromatic heterocycles. The minimum absolute atomic E-state index is 0.402. The molecule has 0 radical (unpaired) electrons. The molecule has 0 saturated heterocycles. The first-order valence-corrected chi connectivity index (χ1v) is 7.15. The molecule has 3 nitrogen and oxygen atoms in total. The largest absolute Gasteiger partial charge is 0.384 e. The molecule has 3 N–H and O–H groups in total. The fourth-order valence-corrected chi connectivity index (χ4v) is 3.76. The zero-order valence-corrected chi connectivity index (χ0v) is 11.1. The smallest absolute Gasteiger partial charge is 0.130 e. The second-order valence-electron chi connectivity index (χ2n) is 6.16. The zero-order chi connectivity index (χ0) is 13.4. The fourth-order valence-electron chi connectivity index (χ4n) is 3.76. The highest BCUT2D eigenvalue weighted by molar-refractivity contribution is 5.93. The van der Waals surface area contributed by atoms with Crippen molar-refractivity contribution in [3.05, 3.63) is 53.1 Å². The van der Waals surface area contributed by atoms with Crippen molar-refractivity contribution < 1.29 is 4.74 Å². The SMILES string of the molecule is NC12C=CC3(C=Cc4c(ccc5c4NCC5)C3=C1)OC2. The highest BCUT2D eigenvalue weighted by Gasteiger charge is 2.46. The normalized spacial score (nSPS) is 35.1. The number of ether oxygens (including phenoxy) is 1. The van der Waals surface area contributed by atoms with Gasteiger partial charge in [0.15, 0.2) is 0 Å². The van der Waals surface area contributed by atoms with E-state index in [4.69, 9.17) is 10.5 Å². The molecule has 5 aliphatic rings. The summed E-state index contributed by atoms with van der Waals surface area (Å²) >= 11 is 0. The van der Waals surface area contributed by atoms with Gasteiger partial charge in [-0.1, -0.05) is 30.4 Å². The summed E-state index contributed by atoms with van der Waals surface area (Å²) in [7, 11) is 0. The van der Waals surface area contributed by atoms with Gasteiger partial charge < -0.3 is 15.8 Å². The molecular formula is C17H16N2O.